The van der Waals surface area contributed by atoms with Gasteiger partial charge in [-0.3, -0.25) is 0 Å². The summed E-state index contributed by atoms with van der Waals surface area (Å²) in [6.45, 7) is 4.44. The normalized spacial score (nSPS) is 15.9. The zero-order valence-electron chi connectivity index (χ0n) is 10.9. The third-order valence-corrected chi connectivity index (χ3v) is 4.07. The van der Waals surface area contributed by atoms with E-state index in [0.717, 1.165) is 12.8 Å². The van der Waals surface area contributed by atoms with Crippen molar-refractivity contribution in [2.24, 2.45) is 0 Å². The maximum Gasteiger partial charge on any atom is 0.355 e. The molecule has 7 heteroatoms. The molecule has 19 heavy (non-hydrogen) atoms. The Balaban J connectivity index is 1.97. The lowest BCUT2D eigenvalue weighted by atomic mass is 10.3. The minimum atomic E-state index is -1.05. The van der Waals surface area contributed by atoms with E-state index in [-0.39, 0.29) is 17.8 Å². The van der Waals surface area contributed by atoms with E-state index in [0.29, 0.717) is 17.6 Å². The molecule has 2 rings (SSSR count). The molecule has 1 aromatic heterocycles. The minimum Gasteiger partial charge on any atom is -0.476 e. The number of carboxylic acids is 1. The smallest absolute Gasteiger partial charge is 0.355 e. The third-order valence-electron chi connectivity index (χ3n) is 3.04. The first kappa shape index (κ1) is 13.8. The van der Waals surface area contributed by atoms with Crippen molar-refractivity contribution in [1.29, 1.82) is 0 Å². The van der Waals surface area contributed by atoms with Crippen molar-refractivity contribution in [3.8, 4) is 0 Å². The molecule has 0 radical (unpaired) electrons. The van der Waals surface area contributed by atoms with Gasteiger partial charge in [0, 0.05) is 18.0 Å². The van der Waals surface area contributed by atoms with Gasteiger partial charge in [-0.15, -0.1) is 11.3 Å². The summed E-state index contributed by atoms with van der Waals surface area (Å²) in [7, 11) is 0. The second kappa shape index (κ2) is 5.56. The van der Waals surface area contributed by atoms with Crippen LogP contribution in [-0.2, 0) is 0 Å². The van der Waals surface area contributed by atoms with E-state index in [2.05, 4.69) is 10.3 Å². The number of hydrogen-bond acceptors (Lipinski definition) is 4. The van der Waals surface area contributed by atoms with Crippen molar-refractivity contribution in [2.75, 3.05) is 6.54 Å². The molecule has 1 aromatic rings. The monoisotopic (exact) mass is 283 g/mol. The molecule has 6 nitrogen and oxygen atoms in total. The highest BCUT2D eigenvalue weighted by Crippen LogP contribution is 2.27. The first-order chi connectivity index (χ1) is 9.02. The Morgan fingerprint density at radius 2 is 2.32 bits per heavy atom. The van der Waals surface area contributed by atoms with Crippen LogP contribution in [0, 0.1) is 0 Å². The summed E-state index contributed by atoms with van der Waals surface area (Å²) >= 11 is 1.25. The topological polar surface area (TPSA) is 82.5 Å². The van der Waals surface area contributed by atoms with Gasteiger partial charge in [0.1, 0.15) is 5.01 Å². The number of carboxylic acid groups (broad SMARTS) is 1. The molecule has 2 amide bonds. The van der Waals surface area contributed by atoms with E-state index in [9.17, 15) is 9.59 Å². The Morgan fingerprint density at radius 1 is 1.63 bits per heavy atom. The second-order valence-corrected chi connectivity index (χ2v) is 5.45. The molecule has 0 bridgehead atoms. The highest BCUT2D eigenvalue weighted by Gasteiger charge is 2.32. The first-order valence-corrected chi connectivity index (χ1v) is 7.16. The van der Waals surface area contributed by atoms with Gasteiger partial charge in [-0.2, -0.15) is 0 Å². The molecule has 0 aromatic carbocycles. The summed E-state index contributed by atoms with van der Waals surface area (Å²) in [4.78, 5) is 28.6. The van der Waals surface area contributed by atoms with Crippen molar-refractivity contribution in [2.45, 2.75) is 38.8 Å². The van der Waals surface area contributed by atoms with Gasteiger partial charge >= 0.3 is 12.0 Å². The number of rotatable bonds is 5. The van der Waals surface area contributed by atoms with Crippen molar-refractivity contribution in [3.05, 3.63) is 16.1 Å². The molecule has 2 N–H and O–H groups in total. The van der Waals surface area contributed by atoms with Crippen LogP contribution in [0.4, 0.5) is 4.79 Å². The number of hydrogen-bond donors (Lipinski definition) is 2. The lowest BCUT2D eigenvalue weighted by molar-refractivity contribution is 0.0691. The van der Waals surface area contributed by atoms with E-state index in [4.69, 9.17) is 5.11 Å². The molecular formula is C12H17N3O3S. The van der Waals surface area contributed by atoms with Crippen molar-refractivity contribution >= 4 is 23.3 Å². The van der Waals surface area contributed by atoms with Crippen LogP contribution in [-0.4, -0.2) is 39.6 Å². The zero-order chi connectivity index (χ0) is 14.0. The Morgan fingerprint density at radius 3 is 2.79 bits per heavy atom. The molecule has 1 aliphatic carbocycles. The summed E-state index contributed by atoms with van der Waals surface area (Å²) < 4.78 is 0. The average Bonchev–Trinajstić information content (AvgIpc) is 3.05. The predicted octanol–water partition coefficient (Wildman–Crippen LogP) is 2.10. The number of amides is 2. The van der Waals surface area contributed by atoms with Crippen LogP contribution in [0.1, 0.15) is 48.2 Å². The van der Waals surface area contributed by atoms with Gasteiger partial charge in [0.05, 0.1) is 6.04 Å². The third kappa shape index (κ3) is 3.23. The highest BCUT2D eigenvalue weighted by atomic mass is 32.1. The largest absolute Gasteiger partial charge is 0.476 e. The lowest BCUT2D eigenvalue weighted by Crippen LogP contribution is -2.42. The second-order valence-electron chi connectivity index (χ2n) is 4.56. The summed E-state index contributed by atoms with van der Waals surface area (Å²) in [5.41, 5.74) is 0.0237. The van der Waals surface area contributed by atoms with Gasteiger partial charge in [-0.1, -0.05) is 0 Å². The molecule has 1 unspecified atom stereocenters. The maximum atomic E-state index is 12.1. The van der Waals surface area contributed by atoms with Gasteiger partial charge in [-0.25, -0.2) is 14.6 Å². The van der Waals surface area contributed by atoms with E-state index in [1.165, 1.54) is 16.7 Å². The quantitative estimate of drug-likeness (QED) is 0.867. The van der Waals surface area contributed by atoms with Crippen LogP contribution >= 0.6 is 11.3 Å². The van der Waals surface area contributed by atoms with Crippen LogP contribution in [0.3, 0.4) is 0 Å². The standard InChI is InChI=1S/C12H17N3O3S/c1-3-15(8-4-5-8)12(18)13-7(2)10-14-9(6-19-10)11(16)17/h6-8H,3-5H2,1-2H3,(H,13,18)(H,16,17). The maximum absolute atomic E-state index is 12.1. The zero-order valence-corrected chi connectivity index (χ0v) is 11.7. The van der Waals surface area contributed by atoms with Crippen LogP contribution < -0.4 is 5.32 Å². The van der Waals surface area contributed by atoms with Gasteiger partial charge in [-0.05, 0) is 26.7 Å². The number of nitrogens with zero attached hydrogens (tertiary/aromatic N) is 2. The molecule has 1 saturated carbocycles. The number of nitrogens with one attached hydrogen (secondary N) is 1. The molecule has 1 atom stereocenters. The Bertz CT molecular complexity index is 484. The molecule has 104 valence electrons. The van der Waals surface area contributed by atoms with E-state index < -0.39 is 5.97 Å². The number of carbonyl (C=O) groups is 2. The number of aromatic carboxylic acids is 1. The molecule has 1 aliphatic rings. The van der Waals surface area contributed by atoms with Crippen LogP contribution in [0.2, 0.25) is 0 Å². The fraction of sp³-hybridized carbons (Fsp3) is 0.583. The van der Waals surface area contributed by atoms with E-state index in [1.807, 2.05) is 18.7 Å². The average molecular weight is 283 g/mol. The Kier molecular flexibility index (Phi) is 4.04. The van der Waals surface area contributed by atoms with Gasteiger partial charge < -0.3 is 15.3 Å². The molecular weight excluding hydrogens is 266 g/mol. The van der Waals surface area contributed by atoms with Crippen molar-refractivity contribution in [3.63, 3.8) is 0 Å². The summed E-state index contributed by atoms with van der Waals surface area (Å²) in [5.74, 6) is -1.05. The predicted molar refractivity (Wildman–Crippen MR) is 71.4 cm³/mol. The Labute approximate surface area is 115 Å². The van der Waals surface area contributed by atoms with Gasteiger partial charge in [0.15, 0.2) is 5.69 Å². The van der Waals surface area contributed by atoms with E-state index >= 15 is 0 Å². The number of thiazole rings is 1. The molecule has 1 fully saturated rings. The van der Waals surface area contributed by atoms with E-state index in [1.54, 1.807) is 0 Å². The van der Waals surface area contributed by atoms with Crippen LogP contribution in [0.15, 0.2) is 5.38 Å². The Hall–Kier alpha value is -1.63. The van der Waals surface area contributed by atoms with Gasteiger partial charge in [0.25, 0.3) is 0 Å². The summed E-state index contributed by atoms with van der Waals surface area (Å²) in [5, 5.41) is 13.8. The van der Waals surface area contributed by atoms with Crippen molar-refractivity contribution < 1.29 is 14.7 Å². The number of urea groups is 1. The van der Waals surface area contributed by atoms with Crippen molar-refractivity contribution in [1.82, 2.24) is 15.2 Å². The number of aromatic nitrogens is 1. The number of carbonyl (C=O) groups excluding carboxylic acids is 1. The summed E-state index contributed by atoms with van der Waals surface area (Å²) in [6, 6.07) is -0.0222. The summed E-state index contributed by atoms with van der Waals surface area (Å²) in [6.07, 6.45) is 2.13. The SMILES string of the molecule is CCN(C(=O)NC(C)c1nc(C(=O)O)cs1)C1CC1. The van der Waals surface area contributed by atoms with Crippen LogP contribution in [0.5, 0.6) is 0 Å². The fourth-order valence-electron chi connectivity index (χ4n) is 1.87. The minimum absolute atomic E-state index is 0.0237. The first-order valence-electron chi connectivity index (χ1n) is 6.28. The molecule has 0 spiro atoms. The molecule has 0 saturated heterocycles. The lowest BCUT2D eigenvalue weighted by Gasteiger charge is -2.22. The molecule has 0 aliphatic heterocycles. The van der Waals surface area contributed by atoms with Crippen LogP contribution in [0.25, 0.3) is 0 Å². The molecule has 1 heterocycles. The van der Waals surface area contributed by atoms with Gasteiger partial charge in [0.2, 0.25) is 0 Å². The fourth-order valence-corrected chi connectivity index (χ4v) is 2.67. The highest BCUT2D eigenvalue weighted by molar-refractivity contribution is 7.09.